The molecule has 25 heavy (non-hydrogen) atoms. The highest BCUT2D eigenvalue weighted by atomic mass is 19.4. The maximum absolute atomic E-state index is 13.0. The van der Waals surface area contributed by atoms with Crippen LogP contribution in [0.3, 0.4) is 0 Å². The van der Waals surface area contributed by atoms with Gasteiger partial charge in [0.15, 0.2) is 0 Å². The van der Waals surface area contributed by atoms with Crippen molar-refractivity contribution in [2.75, 3.05) is 0 Å². The van der Waals surface area contributed by atoms with Gasteiger partial charge in [0.05, 0.1) is 11.1 Å². The Balaban J connectivity index is 2.65. The summed E-state index contributed by atoms with van der Waals surface area (Å²) in [6, 6.07) is 1.48. The molecule has 134 valence electrons. The third-order valence-corrected chi connectivity index (χ3v) is 2.96. The summed E-state index contributed by atoms with van der Waals surface area (Å²) < 4.78 is 84.6. The molecule has 1 heterocycles. The largest absolute Gasteiger partial charge is 0.573 e. The van der Waals surface area contributed by atoms with Gasteiger partial charge in [-0.3, -0.25) is 0 Å². The van der Waals surface area contributed by atoms with Gasteiger partial charge in [-0.15, -0.1) is 19.1 Å². The maximum atomic E-state index is 13.0. The van der Waals surface area contributed by atoms with E-state index in [2.05, 4.69) is 16.6 Å². The molecule has 0 spiro atoms. The van der Waals surface area contributed by atoms with Gasteiger partial charge >= 0.3 is 18.5 Å². The van der Waals surface area contributed by atoms with Crippen molar-refractivity contribution < 1.29 is 45.7 Å². The lowest BCUT2D eigenvalue weighted by molar-refractivity contribution is -0.274. The minimum atomic E-state index is -5.05. The number of carbonyl (C=O) groups is 1. The molecule has 0 saturated carbocycles. The summed E-state index contributed by atoms with van der Waals surface area (Å²) in [5, 5.41) is 8.94. The minimum absolute atomic E-state index is 0.297. The molecule has 0 saturated heterocycles. The quantitative estimate of drug-likeness (QED) is 0.640. The molecule has 0 aliphatic carbocycles. The number of hydrogen-bond acceptors (Lipinski definition) is 3. The highest BCUT2D eigenvalue weighted by molar-refractivity contribution is 5.95. The lowest BCUT2D eigenvalue weighted by atomic mass is 9.98. The first kappa shape index (κ1) is 18.5. The average molecular weight is 366 g/mol. The van der Waals surface area contributed by atoms with Crippen LogP contribution < -0.4 is 9.47 Å². The first-order valence-electron chi connectivity index (χ1n) is 6.47. The Morgan fingerprint density at radius 1 is 1.24 bits per heavy atom. The van der Waals surface area contributed by atoms with E-state index in [1.807, 2.05) is 0 Å². The van der Waals surface area contributed by atoms with Crippen LogP contribution in [0.4, 0.5) is 26.3 Å². The van der Waals surface area contributed by atoms with Crippen LogP contribution in [0.15, 0.2) is 17.7 Å². The monoisotopic (exact) mass is 366 g/mol. The van der Waals surface area contributed by atoms with E-state index >= 15 is 0 Å². The Labute approximate surface area is 136 Å². The van der Waals surface area contributed by atoms with Gasteiger partial charge in [-0.2, -0.15) is 13.2 Å². The topological polar surface area (TPSA) is 55.8 Å². The average Bonchev–Trinajstić information content (AvgIpc) is 2.43. The summed E-state index contributed by atoms with van der Waals surface area (Å²) in [4.78, 5) is 11.1. The number of rotatable bonds is 2. The van der Waals surface area contributed by atoms with E-state index in [0.29, 0.717) is 6.08 Å². The van der Waals surface area contributed by atoms with Gasteiger partial charge in [0.2, 0.25) is 6.10 Å². The number of aliphatic carboxylic acids is 1. The molecular weight excluding hydrogens is 358 g/mol. The molecule has 0 radical (unpaired) electrons. The van der Waals surface area contributed by atoms with E-state index < -0.39 is 41.7 Å². The predicted octanol–water partition coefficient (Wildman–Crippen LogP) is 3.75. The van der Waals surface area contributed by atoms with Crippen molar-refractivity contribution in [3.05, 3.63) is 28.8 Å². The molecule has 2 rings (SSSR count). The molecule has 4 nitrogen and oxygen atoms in total. The predicted molar refractivity (Wildman–Crippen MR) is 71.8 cm³/mol. The number of fused-ring (bicyclic) bond motifs is 1. The molecule has 10 heteroatoms. The first-order chi connectivity index (χ1) is 11.4. The van der Waals surface area contributed by atoms with E-state index in [0.717, 1.165) is 12.1 Å². The zero-order valence-electron chi connectivity index (χ0n) is 12.2. The van der Waals surface area contributed by atoms with E-state index in [1.165, 1.54) is 6.92 Å². The van der Waals surface area contributed by atoms with Crippen LogP contribution >= 0.6 is 0 Å². The second kappa shape index (κ2) is 6.23. The Morgan fingerprint density at radius 2 is 1.88 bits per heavy atom. The van der Waals surface area contributed by atoms with E-state index in [4.69, 9.17) is 9.84 Å². The fourth-order valence-electron chi connectivity index (χ4n) is 2.12. The summed E-state index contributed by atoms with van der Waals surface area (Å²) in [5.74, 6) is 1.48. The van der Waals surface area contributed by atoms with Crippen LogP contribution in [0.2, 0.25) is 0 Å². The number of carboxylic acids is 1. The van der Waals surface area contributed by atoms with Gasteiger partial charge in [0.25, 0.3) is 0 Å². The molecule has 1 atom stereocenters. The third-order valence-electron chi connectivity index (χ3n) is 2.96. The van der Waals surface area contributed by atoms with Crippen LogP contribution in [0, 0.1) is 11.8 Å². The van der Waals surface area contributed by atoms with Crippen LogP contribution in [-0.2, 0) is 4.79 Å². The van der Waals surface area contributed by atoms with Gasteiger partial charge < -0.3 is 14.6 Å². The van der Waals surface area contributed by atoms with Crippen molar-refractivity contribution in [1.82, 2.24) is 0 Å². The standard InChI is InChI=1S/C15H8F6O4/c1-2-3-7-4-9(25-15(19,20)21)5-8-6-10(13(22)23)12(14(16,17)18)24-11(7)8/h4-6,12H,1H3,(H,22,23). The third kappa shape index (κ3) is 4.17. The molecule has 1 aromatic carbocycles. The van der Waals surface area contributed by atoms with E-state index in [1.54, 1.807) is 0 Å². The van der Waals surface area contributed by atoms with Crippen molar-refractivity contribution in [3.63, 3.8) is 0 Å². The molecule has 1 aliphatic rings. The fraction of sp³-hybridized carbons (Fsp3) is 0.267. The Bertz CT molecular complexity index is 795. The Hall–Kier alpha value is -2.83. The van der Waals surface area contributed by atoms with Gasteiger partial charge in [0.1, 0.15) is 11.5 Å². The highest BCUT2D eigenvalue weighted by Crippen LogP contribution is 2.41. The zero-order chi connectivity index (χ0) is 19.0. The van der Waals surface area contributed by atoms with Gasteiger partial charge in [-0.05, 0) is 25.1 Å². The second-order valence-electron chi connectivity index (χ2n) is 4.76. The normalized spacial score (nSPS) is 16.8. The van der Waals surface area contributed by atoms with E-state index in [-0.39, 0.29) is 11.1 Å². The van der Waals surface area contributed by atoms with Gasteiger partial charge in [-0.1, -0.05) is 5.92 Å². The van der Waals surface area contributed by atoms with Crippen LogP contribution in [0.25, 0.3) is 6.08 Å². The smallest absolute Gasteiger partial charge is 0.478 e. The van der Waals surface area contributed by atoms with Gasteiger partial charge in [-0.25, -0.2) is 4.79 Å². The molecule has 0 bridgehead atoms. The molecule has 1 unspecified atom stereocenters. The minimum Gasteiger partial charge on any atom is -0.478 e. The van der Waals surface area contributed by atoms with Crippen molar-refractivity contribution in [2.45, 2.75) is 25.6 Å². The lowest BCUT2D eigenvalue weighted by Crippen LogP contribution is -2.40. The number of hydrogen-bond donors (Lipinski definition) is 1. The molecule has 0 amide bonds. The summed E-state index contributed by atoms with van der Waals surface area (Å²) in [7, 11) is 0. The second-order valence-corrected chi connectivity index (χ2v) is 4.76. The Kier molecular flexibility index (Phi) is 4.61. The highest BCUT2D eigenvalue weighted by Gasteiger charge is 2.49. The van der Waals surface area contributed by atoms with Crippen molar-refractivity contribution in [3.8, 4) is 23.3 Å². The molecule has 1 N–H and O–H groups in total. The Morgan fingerprint density at radius 3 is 2.36 bits per heavy atom. The molecular formula is C15H8F6O4. The van der Waals surface area contributed by atoms with Crippen molar-refractivity contribution >= 4 is 12.0 Å². The van der Waals surface area contributed by atoms with Gasteiger partial charge in [0, 0.05) is 5.56 Å². The zero-order valence-corrected chi connectivity index (χ0v) is 12.2. The summed E-state index contributed by atoms with van der Waals surface area (Å²) in [5.41, 5.74) is -1.79. The fourth-order valence-corrected chi connectivity index (χ4v) is 2.12. The maximum Gasteiger partial charge on any atom is 0.573 e. The molecule has 1 aliphatic heterocycles. The van der Waals surface area contributed by atoms with Crippen molar-refractivity contribution in [2.24, 2.45) is 0 Å². The van der Waals surface area contributed by atoms with E-state index in [9.17, 15) is 31.1 Å². The first-order valence-corrected chi connectivity index (χ1v) is 6.47. The lowest BCUT2D eigenvalue weighted by Gasteiger charge is -2.28. The van der Waals surface area contributed by atoms with Crippen LogP contribution in [0.5, 0.6) is 11.5 Å². The summed E-state index contributed by atoms with van der Waals surface area (Å²) >= 11 is 0. The SMILES string of the molecule is CC#Cc1cc(OC(F)(F)F)cc2c1OC(C(F)(F)F)C(C(=O)O)=C2. The number of ether oxygens (including phenoxy) is 2. The van der Waals surface area contributed by atoms with Crippen LogP contribution in [0.1, 0.15) is 18.1 Å². The number of halogens is 6. The number of benzene rings is 1. The van der Waals surface area contributed by atoms with Crippen LogP contribution in [-0.4, -0.2) is 29.7 Å². The number of carboxylic acid groups (broad SMARTS) is 1. The molecule has 0 aromatic heterocycles. The number of alkyl halides is 6. The molecule has 0 fully saturated rings. The summed E-state index contributed by atoms with van der Waals surface area (Å²) in [6.45, 7) is 1.31. The van der Waals surface area contributed by atoms with Crippen molar-refractivity contribution in [1.29, 1.82) is 0 Å². The summed E-state index contributed by atoms with van der Waals surface area (Å²) in [6.07, 6.45) is -12.3. The molecule has 1 aromatic rings.